The Morgan fingerprint density at radius 3 is 1.87 bits per heavy atom. The highest BCUT2D eigenvalue weighted by atomic mass is 16.3. The second-order valence-corrected chi connectivity index (χ2v) is 12.8. The summed E-state index contributed by atoms with van der Waals surface area (Å²) in [4.78, 5) is 15.6. The summed E-state index contributed by atoms with van der Waals surface area (Å²) in [6, 6.07) is 62.4. The Morgan fingerprint density at radius 1 is 0.442 bits per heavy atom. The summed E-state index contributed by atoms with van der Waals surface area (Å²) in [6.45, 7) is 0. The van der Waals surface area contributed by atoms with E-state index >= 15 is 0 Å². The molecule has 0 N–H and O–H groups in total. The Labute approximate surface area is 300 Å². The molecule has 0 unspecified atom stereocenters. The summed E-state index contributed by atoms with van der Waals surface area (Å²) in [6.07, 6.45) is 0. The van der Waals surface area contributed by atoms with Crippen LogP contribution in [0.1, 0.15) is 0 Å². The Bertz CT molecular complexity index is 2890. The van der Waals surface area contributed by atoms with E-state index in [2.05, 4.69) is 138 Å². The maximum Gasteiger partial charge on any atom is 0.161 e. The number of furan rings is 1. The molecule has 3 heterocycles. The summed E-state index contributed by atoms with van der Waals surface area (Å²) in [5.74, 6) is 1.46. The lowest BCUT2D eigenvalue weighted by Gasteiger charge is -2.11. The van der Waals surface area contributed by atoms with Gasteiger partial charge in [0, 0.05) is 33.2 Å². The van der Waals surface area contributed by atoms with E-state index in [0.717, 1.165) is 89.3 Å². The van der Waals surface area contributed by atoms with Crippen LogP contribution >= 0.6 is 0 Å². The minimum Gasteiger partial charge on any atom is -0.455 e. The largest absolute Gasteiger partial charge is 0.455 e. The molecule has 0 radical (unpaired) electrons. The minimum atomic E-state index is 0.636. The van der Waals surface area contributed by atoms with Gasteiger partial charge in [0.15, 0.2) is 5.82 Å². The molecule has 10 rings (SSSR count). The molecule has 5 heteroatoms. The highest BCUT2D eigenvalue weighted by Gasteiger charge is 2.22. The number of hydrogen-bond acceptors (Lipinski definition) is 4. The molecule has 244 valence electrons. The van der Waals surface area contributed by atoms with Crippen LogP contribution in [-0.4, -0.2) is 19.5 Å². The predicted octanol–water partition coefficient (Wildman–Crippen LogP) is 12.0. The van der Waals surface area contributed by atoms with Crippen molar-refractivity contribution in [2.45, 2.75) is 0 Å². The van der Waals surface area contributed by atoms with E-state index in [9.17, 15) is 0 Å². The molecule has 0 spiro atoms. The van der Waals surface area contributed by atoms with Crippen LogP contribution in [0.25, 0.3) is 95.1 Å². The second kappa shape index (κ2) is 12.3. The summed E-state index contributed by atoms with van der Waals surface area (Å²) in [5.41, 5.74) is 12.4. The molecule has 0 saturated carbocycles. The van der Waals surface area contributed by atoms with Crippen molar-refractivity contribution in [1.82, 2.24) is 19.5 Å². The van der Waals surface area contributed by atoms with Crippen LogP contribution in [0, 0.1) is 0 Å². The highest BCUT2D eigenvalue weighted by molar-refractivity contribution is 6.15. The number of nitrogens with zero attached hydrogens (tertiary/aromatic N) is 4. The van der Waals surface area contributed by atoms with Crippen LogP contribution in [0.2, 0.25) is 0 Å². The predicted molar refractivity (Wildman–Crippen MR) is 211 cm³/mol. The number of imidazole rings is 1. The van der Waals surface area contributed by atoms with Crippen molar-refractivity contribution in [2.24, 2.45) is 0 Å². The van der Waals surface area contributed by atoms with Crippen molar-refractivity contribution in [1.29, 1.82) is 0 Å². The van der Waals surface area contributed by atoms with Gasteiger partial charge in [0.25, 0.3) is 0 Å². The molecule has 10 aromatic rings. The second-order valence-electron chi connectivity index (χ2n) is 12.8. The van der Waals surface area contributed by atoms with Crippen LogP contribution in [0.15, 0.2) is 186 Å². The molecule has 7 aromatic carbocycles. The molecule has 52 heavy (non-hydrogen) atoms. The average Bonchev–Trinajstić information content (AvgIpc) is 3.81. The van der Waals surface area contributed by atoms with E-state index < -0.39 is 0 Å². The minimum absolute atomic E-state index is 0.636. The van der Waals surface area contributed by atoms with Crippen LogP contribution in [0.4, 0.5) is 0 Å². The molecule has 0 atom stereocenters. The molecule has 0 saturated heterocycles. The van der Waals surface area contributed by atoms with Crippen molar-refractivity contribution in [3.8, 4) is 62.1 Å². The Hall–Kier alpha value is -7.11. The van der Waals surface area contributed by atoms with Crippen LogP contribution in [-0.2, 0) is 0 Å². The smallest absolute Gasteiger partial charge is 0.161 e. The normalized spacial score (nSPS) is 11.5. The lowest BCUT2D eigenvalue weighted by Crippen LogP contribution is -1.97. The fraction of sp³-hybridized carbons (Fsp3) is 0. The molecule has 0 bridgehead atoms. The Morgan fingerprint density at radius 2 is 1.06 bits per heavy atom. The van der Waals surface area contributed by atoms with Gasteiger partial charge in [-0.15, -0.1) is 0 Å². The van der Waals surface area contributed by atoms with Gasteiger partial charge in [0.2, 0.25) is 0 Å². The van der Waals surface area contributed by atoms with Gasteiger partial charge < -0.3 is 4.42 Å². The molecule has 0 amide bonds. The molecule has 3 aromatic heterocycles. The Kier molecular flexibility index (Phi) is 7.07. The van der Waals surface area contributed by atoms with E-state index in [1.54, 1.807) is 0 Å². The van der Waals surface area contributed by atoms with Gasteiger partial charge in [0.1, 0.15) is 17.0 Å². The number of hydrogen-bond donors (Lipinski definition) is 0. The first-order valence-corrected chi connectivity index (χ1v) is 17.4. The van der Waals surface area contributed by atoms with E-state index in [4.69, 9.17) is 19.4 Å². The molecule has 5 nitrogen and oxygen atoms in total. The van der Waals surface area contributed by atoms with Crippen molar-refractivity contribution >= 4 is 33.0 Å². The third-order valence-electron chi connectivity index (χ3n) is 9.64. The monoisotopic (exact) mass is 666 g/mol. The number of benzene rings is 7. The molecular formula is C47H30N4O. The zero-order valence-corrected chi connectivity index (χ0v) is 28.0. The van der Waals surface area contributed by atoms with E-state index in [1.165, 1.54) is 0 Å². The Balaban J connectivity index is 1.19. The van der Waals surface area contributed by atoms with E-state index in [1.807, 2.05) is 48.5 Å². The maximum atomic E-state index is 6.77. The zero-order valence-electron chi connectivity index (χ0n) is 28.0. The van der Waals surface area contributed by atoms with Crippen molar-refractivity contribution in [3.05, 3.63) is 182 Å². The summed E-state index contributed by atoms with van der Waals surface area (Å²) in [5, 5.41) is 1.95. The van der Waals surface area contributed by atoms with E-state index in [-0.39, 0.29) is 0 Å². The maximum absolute atomic E-state index is 6.77. The van der Waals surface area contributed by atoms with Crippen molar-refractivity contribution < 1.29 is 4.42 Å². The van der Waals surface area contributed by atoms with Gasteiger partial charge in [-0.25, -0.2) is 15.0 Å². The zero-order chi connectivity index (χ0) is 34.4. The van der Waals surface area contributed by atoms with Gasteiger partial charge in [-0.05, 0) is 59.7 Å². The van der Waals surface area contributed by atoms with Crippen molar-refractivity contribution in [2.75, 3.05) is 0 Å². The quantitative estimate of drug-likeness (QED) is 0.177. The highest BCUT2D eigenvalue weighted by Crippen LogP contribution is 2.41. The first kappa shape index (κ1) is 29.8. The number of aromatic nitrogens is 4. The summed E-state index contributed by atoms with van der Waals surface area (Å²) >= 11 is 0. The SMILES string of the molecule is c1ccc(-c2cccc(-c3cc(-c4ccccc4)nc(-c4cccc5oc6c(-c7nc8ccccc8n7-c7ccccc7)cccc6c45)n3)c2)cc1. The fourth-order valence-electron chi connectivity index (χ4n) is 7.22. The van der Waals surface area contributed by atoms with Crippen LogP contribution < -0.4 is 0 Å². The summed E-state index contributed by atoms with van der Waals surface area (Å²) < 4.78 is 8.98. The molecule has 0 aliphatic carbocycles. The standard InChI is InChI=1S/C47H30N4O/c1-4-15-31(16-5-1)33-19-12-20-34(29-33)41-30-40(32-17-6-2-7-18-32)48-46(49-41)37-24-14-28-43-44(37)36-23-13-25-38(45(36)52-43)47-50-39-26-10-11-27-42(39)51(47)35-21-8-3-9-22-35/h1-30H. The van der Waals surface area contributed by atoms with Gasteiger partial charge in [0.05, 0.1) is 28.0 Å². The molecule has 0 aliphatic rings. The third kappa shape index (κ3) is 5.07. The van der Waals surface area contributed by atoms with Crippen LogP contribution in [0.3, 0.4) is 0 Å². The topological polar surface area (TPSA) is 56.7 Å². The average molecular weight is 667 g/mol. The molecule has 0 aliphatic heterocycles. The fourth-order valence-corrected chi connectivity index (χ4v) is 7.22. The van der Waals surface area contributed by atoms with Gasteiger partial charge in [-0.1, -0.05) is 133 Å². The van der Waals surface area contributed by atoms with Crippen LogP contribution in [0.5, 0.6) is 0 Å². The lowest BCUT2D eigenvalue weighted by atomic mass is 10.00. The molecular weight excluding hydrogens is 637 g/mol. The first-order chi connectivity index (χ1) is 25.8. The lowest BCUT2D eigenvalue weighted by molar-refractivity contribution is 0.669. The van der Waals surface area contributed by atoms with Gasteiger partial charge in [-0.3, -0.25) is 4.57 Å². The number of para-hydroxylation sites is 4. The number of rotatable bonds is 6. The number of fused-ring (bicyclic) bond motifs is 4. The third-order valence-corrected chi connectivity index (χ3v) is 9.64. The molecule has 0 fully saturated rings. The van der Waals surface area contributed by atoms with E-state index in [0.29, 0.717) is 5.82 Å². The van der Waals surface area contributed by atoms with Gasteiger partial charge in [-0.2, -0.15) is 0 Å². The first-order valence-electron chi connectivity index (χ1n) is 17.4. The van der Waals surface area contributed by atoms with Crippen molar-refractivity contribution in [3.63, 3.8) is 0 Å². The van der Waals surface area contributed by atoms with Gasteiger partial charge >= 0.3 is 0 Å². The summed E-state index contributed by atoms with van der Waals surface area (Å²) in [7, 11) is 0.